The SMILES string of the molecule is CC1(C)CCCC(C)(C)N1OC(COCc1ccccc1)c1ccccc1. The van der Waals surface area contributed by atoms with Gasteiger partial charge in [-0.1, -0.05) is 60.7 Å². The molecule has 1 unspecified atom stereocenters. The molecule has 3 rings (SSSR count). The Morgan fingerprint density at radius 3 is 2.00 bits per heavy atom. The summed E-state index contributed by atoms with van der Waals surface area (Å²) in [5, 5.41) is 2.23. The zero-order valence-corrected chi connectivity index (χ0v) is 17.2. The van der Waals surface area contributed by atoms with Gasteiger partial charge in [0.1, 0.15) is 6.10 Å². The molecule has 27 heavy (non-hydrogen) atoms. The van der Waals surface area contributed by atoms with E-state index in [1.54, 1.807) is 0 Å². The molecule has 1 saturated heterocycles. The Morgan fingerprint density at radius 2 is 1.41 bits per heavy atom. The summed E-state index contributed by atoms with van der Waals surface area (Å²) < 4.78 is 6.06. The van der Waals surface area contributed by atoms with Crippen LogP contribution in [0, 0.1) is 0 Å². The fraction of sp³-hybridized carbons (Fsp3) is 0.500. The van der Waals surface area contributed by atoms with Gasteiger partial charge < -0.3 is 4.74 Å². The summed E-state index contributed by atoms with van der Waals surface area (Å²) in [6.07, 6.45) is 3.40. The highest BCUT2D eigenvalue weighted by Crippen LogP contribution is 2.40. The number of hydrogen-bond acceptors (Lipinski definition) is 3. The molecule has 1 heterocycles. The summed E-state index contributed by atoms with van der Waals surface area (Å²) in [5.41, 5.74) is 2.35. The summed E-state index contributed by atoms with van der Waals surface area (Å²) in [6.45, 7) is 10.2. The Hall–Kier alpha value is -1.68. The Balaban J connectivity index is 1.74. The molecule has 0 bridgehead atoms. The van der Waals surface area contributed by atoms with Gasteiger partial charge >= 0.3 is 0 Å². The molecule has 0 N–H and O–H groups in total. The van der Waals surface area contributed by atoms with E-state index in [1.165, 1.54) is 12.0 Å². The van der Waals surface area contributed by atoms with Gasteiger partial charge in [0.2, 0.25) is 0 Å². The molecule has 2 aromatic rings. The van der Waals surface area contributed by atoms with Gasteiger partial charge in [0, 0.05) is 11.1 Å². The van der Waals surface area contributed by atoms with E-state index in [0.29, 0.717) is 13.2 Å². The fourth-order valence-corrected chi connectivity index (χ4v) is 4.10. The van der Waals surface area contributed by atoms with Gasteiger partial charge in [0.15, 0.2) is 0 Å². The molecule has 0 aromatic heterocycles. The molecule has 1 aliphatic heterocycles. The fourth-order valence-electron chi connectivity index (χ4n) is 4.10. The minimum Gasteiger partial charge on any atom is -0.374 e. The van der Waals surface area contributed by atoms with Crippen LogP contribution in [-0.2, 0) is 16.2 Å². The lowest BCUT2D eigenvalue weighted by atomic mass is 9.82. The second-order valence-electron chi connectivity index (χ2n) is 8.78. The van der Waals surface area contributed by atoms with Gasteiger partial charge in [-0.15, -0.1) is 0 Å². The lowest BCUT2D eigenvalue weighted by Crippen LogP contribution is -2.58. The van der Waals surface area contributed by atoms with E-state index in [4.69, 9.17) is 9.57 Å². The Kier molecular flexibility index (Phi) is 6.36. The van der Waals surface area contributed by atoms with Crippen LogP contribution in [0.5, 0.6) is 0 Å². The monoisotopic (exact) mass is 367 g/mol. The lowest BCUT2D eigenvalue weighted by Gasteiger charge is -2.52. The van der Waals surface area contributed by atoms with Crippen LogP contribution in [-0.4, -0.2) is 22.7 Å². The molecular weight excluding hydrogens is 334 g/mol. The van der Waals surface area contributed by atoms with Gasteiger partial charge in [-0.25, -0.2) is 0 Å². The summed E-state index contributed by atoms with van der Waals surface area (Å²) in [6, 6.07) is 20.7. The maximum Gasteiger partial charge on any atom is 0.128 e. The molecule has 0 aliphatic carbocycles. The van der Waals surface area contributed by atoms with Crippen molar-refractivity contribution in [3.8, 4) is 0 Å². The third-order valence-electron chi connectivity index (χ3n) is 5.46. The number of piperidine rings is 1. The minimum atomic E-state index is -0.119. The van der Waals surface area contributed by atoms with Crippen molar-refractivity contribution >= 4 is 0 Å². The van der Waals surface area contributed by atoms with Crippen molar-refractivity contribution in [3.05, 3.63) is 71.8 Å². The number of nitrogens with zero attached hydrogens (tertiary/aromatic N) is 1. The van der Waals surface area contributed by atoms with Crippen molar-refractivity contribution < 1.29 is 9.57 Å². The second-order valence-corrected chi connectivity index (χ2v) is 8.78. The number of hydrogen-bond donors (Lipinski definition) is 0. The Bertz CT molecular complexity index is 681. The van der Waals surface area contributed by atoms with Crippen molar-refractivity contribution in [2.45, 2.75) is 70.7 Å². The van der Waals surface area contributed by atoms with Crippen molar-refractivity contribution in [3.63, 3.8) is 0 Å². The molecule has 2 aromatic carbocycles. The third-order valence-corrected chi connectivity index (χ3v) is 5.46. The van der Waals surface area contributed by atoms with Crippen molar-refractivity contribution in [1.82, 2.24) is 5.06 Å². The second kappa shape index (κ2) is 8.55. The first-order valence-corrected chi connectivity index (χ1v) is 10.0. The molecule has 1 aliphatic rings. The largest absolute Gasteiger partial charge is 0.374 e. The van der Waals surface area contributed by atoms with Gasteiger partial charge in [-0.05, 0) is 58.1 Å². The first-order valence-electron chi connectivity index (χ1n) is 10.0. The molecule has 0 radical (unpaired) electrons. The Labute approximate surface area is 164 Å². The van der Waals surface area contributed by atoms with E-state index in [0.717, 1.165) is 18.4 Å². The third kappa shape index (κ3) is 5.19. The van der Waals surface area contributed by atoms with Crippen molar-refractivity contribution in [2.24, 2.45) is 0 Å². The minimum absolute atomic E-state index is 0.00815. The van der Waals surface area contributed by atoms with Crippen LogP contribution >= 0.6 is 0 Å². The van der Waals surface area contributed by atoms with Crippen LogP contribution in [0.25, 0.3) is 0 Å². The van der Waals surface area contributed by atoms with E-state index in [1.807, 2.05) is 24.3 Å². The van der Waals surface area contributed by atoms with Crippen LogP contribution in [0.2, 0.25) is 0 Å². The summed E-state index contributed by atoms with van der Waals surface area (Å²) in [4.78, 5) is 6.65. The molecule has 3 heteroatoms. The summed E-state index contributed by atoms with van der Waals surface area (Å²) >= 11 is 0. The zero-order valence-electron chi connectivity index (χ0n) is 17.2. The lowest BCUT2D eigenvalue weighted by molar-refractivity contribution is -0.313. The molecular formula is C24H33NO2. The average Bonchev–Trinajstić information content (AvgIpc) is 2.64. The highest BCUT2D eigenvalue weighted by atomic mass is 16.7. The van der Waals surface area contributed by atoms with E-state index in [-0.39, 0.29) is 17.2 Å². The first-order chi connectivity index (χ1) is 12.9. The number of benzene rings is 2. The number of ether oxygens (including phenoxy) is 1. The predicted molar refractivity (Wildman–Crippen MR) is 110 cm³/mol. The smallest absolute Gasteiger partial charge is 0.128 e. The highest BCUT2D eigenvalue weighted by molar-refractivity contribution is 5.18. The molecule has 146 valence electrons. The van der Waals surface area contributed by atoms with Crippen molar-refractivity contribution in [2.75, 3.05) is 6.61 Å². The molecule has 0 spiro atoms. The zero-order chi connectivity index (χ0) is 19.3. The Morgan fingerprint density at radius 1 is 0.852 bits per heavy atom. The van der Waals surface area contributed by atoms with Crippen molar-refractivity contribution in [1.29, 1.82) is 0 Å². The van der Waals surface area contributed by atoms with Crippen LogP contribution in [0.4, 0.5) is 0 Å². The van der Waals surface area contributed by atoms with Crippen LogP contribution < -0.4 is 0 Å². The highest BCUT2D eigenvalue weighted by Gasteiger charge is 2.43. The summed E-state index contributed by atoms with van der Waals surface area (Å²) in [5.74, 6) is 0. The quantitative estimate of drug-likeness (QED) is 0.606. The van der Waals surface area contributed by atoms with E-state index in [9.17, 15) is 0 Å². The van der Waals surface area contributed by atoms with E-state index in [2.05, 4.69) is 69.2 Å². The maximum absolute atomic E-state index is 6.65. The number of rotatable bonds is 7. The normalized spacial score (nSPS) is 20.3. The molecule has 0 amide bonds. The predicted octanol–water partition coefficient (Wildman–Crippen LogP) is 5.92. The average molecular weight is 368 g/mol. The molecule has 3 nitrogen and oxygen atoms in total. The van der Waals surface area contributed by atoms with Gasteiger partial charge in [-0.3, -0.25) is 4.84 Å². The van der Waals surface area contributed by atoms with E-state index < -0.39 is 0 Å². The van der Waals surface area contributed by atoms with E-state index >= 15 is 0 Å². The number of hydroxylamine groups is 2. The van der Waals surface area contributed by atoms with Gasteiger partial charge in [-0.2, -0.15) is 5.06 Å². The topological polar surface area (TPSA) is 21.7 Å². The van der Waals surface area contributed by atoms with Crippen LogP contribution in [0.1, 0.15) is 64.2 Å². The van der Waals surface area contributed by atoms with Crippen LogP contribution in [0.15, 0.2) is 60.7 Å². The van der Waals surface area contributed by atoms with Crippen LogP contribution in [0.3, 0.4) is 0 Å². The molecule has 1 atom stereocenters. The summed E-state index contributed by atoms with van der Waals surface area (Å²) in [7, 11) is 0. The standard InChI is InChI=1S/C24H33NO2/c1-23(2)16-11-17-24(3,4)25(23)27-22(21-14-9-6-10-15-21)19-26-18-20-12-7-5-8-13-20/h5-10,12-15,22H,11,16-19H2,1-4H3. The van der Waals surface area contributed by atoms with Gasteiger partial charge in [0.05, 0.1) is 13.2 Å². The molecule has 1 fully saturated rings. The van der Waals surface area contributed by atoms with Gasteiger partial charge in [0.25, 0.3) is 0 Å². The first kappa shape index (κ1) is 20.1. The molecule has 0 saturated carbocycles. The maximum atomic E-state index is 6.65.